The first kappa shape index (κ1) is 27.0. The number of hydrogen-bond acceptors (Lipinski definition) is 2. The molecule has 0 saturated carbocycles. The molecule has 32 heavy (non-hydrogen) atoms. The second-order valence-corrected chi connectivity index (χ2v) is 12.0. The van der Waals surface area contributed by atoms with Crippen molar-refractivity contribution in [2.24, 2.45) is 4.99 Å². The van der Waals surface area contributed by atoms with E-state index in [2.05, 4.69) is 97.1 Å². The quantitative estimate of drug-likeness (QED) is 0.286. The summed E-state index contributed by atoms with van der Waals surface area (Å²) in [4.78, 5) is 4.92. The second kappa shape index (κ2) is 11.3. The van der Waals surface area contributed by atoms with Gasteiger partial charge in [0.15, 0.2) is 0 Å². The van der Waals surface area contributed by atoms with Gasteiger partial charge >= 0.3 is 0 Å². The molecule has 2 aromatic rings. The Morgan fingerprint density at radius 1 is 0.688 bits per heavy atom. The lowest BCUT2D eigenvalue weighted by Crippen LogP contribution is -2.36. The Hall–Kier alpha value is -1.22. The molecule has 1 N–H and O–H groups in total. The van der Waals surface area contributed by atoms with Crippen molar-refractivity contribution in [3.63, 3.8) is 0 Å². The van der Waals surface area contributed by atoms with Gasteiger partial charge in [-0.1, -0.05) is 127 Å². The largest absolute Gasteiger partial charge is 0.373 e. The van der Waals surface area contributed by atoms with Crippen LogP contribution in [-0.4, -0.2) is 16.0 Å². The molecule has 0 fully saturated rings. The molecule has 0 aromatic heterocycles. The van der Waals surface area contributed by atoms with Crippen molar-refractivity contribution in [3.8, 4) is 0 Å². The van der Waals surface area contributed by atoms with Crippen LogP contribution in [0.4, 0.5) is 11.4 Å². The lowest BCUT2D eigenvalue weighted by Gasteiger charge is -2.28. The Kier molecular flexibility index (Phi) is 9.52. The van der Waals surface area contributed by atoms with Crippen LogP contribution in [0.15, 0.2) is 41.4 Å². The molecule has 0 radical (unpaired) electrons. The summed E-state index contributed by atoms with van der Waals surface area (Å²) in [6, 6.07) is 12.1. The monoisotopic (exact) mass is 494 g/mol. The highest BCUT2D eigenvalue weighted by Crippen LogP contribution is 2.39. The minimum absolute atomic E-state index is 0.332. The van der Waals surface area contributed by atoms with Gasteiger partial charge in [0.2, 0.25) is 3.79 Å². The maximum Gasteiger partial charge on any atom is 0.215 e. The molecule has 0 bridgehead atoms. The summed E-state index contributed by atoms with van der Waals surface area (Å²) < 4.78 is -1.56. The Balaban J connectivity index is 2.58. The van der Waals surface area contributed by atoms with E-state index in [4.69, 9.17) is 39.8 Å². The topological polar surface area (TPSA) is 24.4 Å². The first-order chi connectivity index (χ1) is 14.8. The molecule has 0 saturated heterocycles. The molecule has 0 aliphatic heterocycles. The lowest BCUT2D eigenvalue weighted by atomic mass is 9.92. The maximum absolute atomic E-state index is 6.46. The Labute approximate surface area is 209 Å². The number of alkyl halides is 3. The first-order valence-electron chi connectivity index (χ1n) is 11.5. The Morgan fingerprint density at radius 3 is 1.41 bits per heavy atom. The summed E-state index contributed by atoms with van der Waals surface area (Å²) in [5.41, 5.74) is 6.80. The van der Waals surface area contributed by atoms with E-state index in [-0.39, 0.29) is 0 Å². The van der Waals surface area contributed by atoms with Crippen LogP contribution in [0.25, 0.3) is 0 Å². The van der Waals surface area contributed by atoms with Crippen molar-refractivity contribution >= 4 is 52.4 Å². The van der Waals surface area contributed by atoms with E-state index in [9.17, 15) is 0 Å². The Bertz CT molecular complexity index is 872. The third kappa shape index (κ3) is 6.65. The van der Waals surface area contributed by atoms with Gasteiger partial charge in [0.05, 0.1) is 5.69 Å². The third-order valence-corrected chi connectivity index (χ3v) is 6.43. The minimum Gasteiger partial charge on any atom is -0.373 e. The molecular weight excluding hydrogens is 459 g/mol. The number of halogens is 3. The summed E-state index contributed by atoms with van der Waals surface area (Å²) in [7, 11) is 0. The van der Waals surface area contributed by atoms with Gasteiger partial charge in [0.1, 0.15) is 6.04 Å². The molecule has 0 spiro atoms. The van der Waals surface area contributed by atoms with Crippen LogP contribution in [-0.2, 0) is 0 Å². The number of para-hydroxylation sites is 2. The molecule has 0 heterocycles. The number of rotatable bonds is 8. The van der Waals surface area contributed by atoms with Crippen LogP contribution in [0.5, 0.6) is 0 Å². The number of nitrogens with zero attached hydrogens (tertiary/aromatic N) is 1. The average molecular weight is 496 g/mol. The molecule has 1 unspecified atom stereocenters. The van der Waals surface area contributed by atoms with Gasteiger partial charge in [-0.3, -0.25) is 4.99 Å². The SMILES string of the molecule is CC(C)c1cccc(C(C)C)c1N=CC(Nc1c(C(C)C)cccc1C(C)C)C(Cl)(Cl)Cl. The molecule has 176 valence electrons. The lowest BCUT2D eigenvalue weighted by molar-refractivity contribution is 0.824. The van der Waals surface area contributed by atoms with Crippen LogP contribution >= 0.6 is 34.8 Å². The predicted octanol–water partition coefficient (Wildman–Crippen LogP) is 9.73. The zero-order valence-electron chi connectivity index (χ0n) is 20.5. The van der Waals surface area contributed by atoms with E-state index in [0.717, 1.165) is 11.4 Å². The summed E-state index contributed by atoms with van der Waals surface area (Å²) in [6.45, 7) is 17.4. The highest BCUT2D eigenvalue weighted by Gasteiger charge is 2.33. The van der Waals surface area contributed by atoms with Crippen molar-refractivity contribution in [2.75, 3.05) is 5.32 Å². The summed E-state index contributed by atoms with van der Waals surface area (Å²) in [5, 5.41) is 3.54. The summed E-state index contributed by atoms with van der Waals surface area (Å²) >= 11 is 19.4. The van der Waals surface area contributed by atoms with E-state index in [0.29, 0.717) is 23.7 Å². The molecule has 1 atom stereocenters. The minimum atomic E-state index is -1.56. The van der Waals surface area contributed by atoms with Crippen molar-refractivity contribution in [1.29, 1.82) is 0 Å². The first-order valence-corrected chi connectivity index (χ1v) is 12.6. The normalized spacial score (nSPS) is 13.7. The van der Waals surface area contributed by atoms with Gasteiger partial charge in [-0.05, 0) is 45.9 Å². The average Bonchev–Trinajstić information content (AvgIpc) is 2.69. The molecule has 2 nitrogen and oxygen atoms in total. The van der Waals surface area contributed by atoms with E-state index in [1.54, 1.807) is 6.21 Å². The fourth-order valence-electron chi connectivity index (χ4n) is 3.89. The highest BCUT2D eigenvalue weighted by molar-refractivity contribution is 6.69. The summed E-state index contributed by atoms with van der Waals surface area (Å²) in [6.07, 6.45) is 1.77. The van der Waals surface area contributed by atoms with E-state index in [1.807, 2.05) is 0 Å². The van der Waals surface area contributed by atoms with Crippen molar-refractivity contribution in [1.82, 2.24) is 0 Å². The number of hydrogen-bond donors (Lipinski definition) is 1. The maximum atomic E-state index is 6.46. The van der Waals surface area contributed by atoms with Gasteiger partial charge in [-0.2, -0.15) is 0 Å². The van der Waals surface area contributed by atoms with Crippen molar-refractivity contribution < 1.29 is 0 Å². The number of anilines is 1. The molecular formula is C27H37Cl3N2. The van der Waals surface area contributed by atoms with Crippen LogP contribution in [0, 0.1) is 0 Å². The number of nitrogens with one attached hydrogen (secondary N) is 1. The van der Waals surface area contributed by atoms with Gasteiger partial charge in [-0.15, -0.1) is 0 Å². The van der Waals surface area contributed by atoms with E-state index >= 15 is 0 Å². The van der Waals surface area contributed by atoms with Crippen LogP contribution in [0.2, 0.25) is 0 Å². The van der Waals surface area contributed by atoms with Gasteiger partial charge in [-0.25, -0.2) is 0 Å². The highest BCUT2D eigenvalue weighted by atomic mass is 35.6. The standard InChI is InChI=1S/C27H37Cl3N2/c1-16(2)20-11-9-12-21(17(3)4)25(20)31-15-24(27(28,29)30)32-26-22(18(5)6)13-10-14-23(26)19(7)8/h9-19,24,32H,1-8H3. The van der Waals surface area contributed by atoms with Crippen LogP contribution in [0.3, 0.4) is 0 Å². The van der Waals surface area contributed by atoms with Crippen LogP contribution in [0.1, 0.15) is 101 Å². The van der Waals surface area contributed by atoms with Crippen molar-refractivity contribution in [3.05, 3.63) is 58.7 Å². The fourth-order valence-corrected chi connectivity index (χ4v) is 4.22. The molecule has 2 rings (SSSR count). The third-order valence-electron chi connectivity index (χ3n) is 5.72. The second-order valence-electron chi connectivity index (χ2n) is 9.66. The van der Waals surface area contributed by atoms with E-state index < -0.39 is 9.83 Å². The van der Waals surface area contributed by atoms with Gasteiger partial charge < -0.3 is 5.32 Å². The summed E-state index contributed by atoms with van der Waals surface area (Å²) in [5.74, 6) is 1.35. The molecule has 5 heteroatoms. The number of aliphatic imine (C=N–C) groups is 1. The number of benzene rings is 2. The van der Waals surface area contributed by atoms with Gasteiger partial charge in [0, 0.05) is 11.9 Å². The fraction of sp³-hybridized carbons (Fsp3) is 0.519. The van der Waals surface area contributed by atoms with Crippen LogP contribution < -0.4 is 5.32 Å². The smallest absolute Gasteiger partial charge is 0.215 e. The molecule has 0 aliphatic rings. The molecule has 0 aliphatic carbocycles. The molecule has 0 amide bonds. The predicted molar refractivity (Wildman–Crippen MR) is 145 cm³/mol. The Morgan fingerprint density at radius 2 is 1.06 bits per heavy atom. The zero-order chi connectivity index (χ0) is 24.2. The zero-order valence-corrected chi connectivity index (χ0v) is 22.8. The molecule has 2 aromatic carbocycles. The van der Waals surface area contributed by atoms with E-state index in [1.165, 1.54) is 22.3 Å². The van der Waals surface area contributed by atoms with Crippen molar-refractivity contribution in [2.45, 2.75) is 88.9 Å². The van der Waals surface area contributed by atoms with Gasteiger partial charge in [0.25, 0.3) is 0 Å².